The van der Waals surface area contributed by atoms with Gasteiger partial charge in [-0.15, -0.1) is 0 Å². The molecule has 0 unspecified atom stereocenters. The van der Waals surface area contributed by atoms with Crippen molar-refractivity contribution in [2.24, 2.45) is 0 Å². The maximum Gasteiger partial charge on any atom is 0.205 e. The summed E-state index contributed by atoms with van der Waals surface area (Å²) in [6.07, 6.45) is 0. The number of rotatable bonds is 3. The van der Waals surface area contributed by atoms with E-state index in [1.807, 2.05) is 54.0 Å². The first-order chi connectivity index (χ1) is 10.2. The molecule has 0 saturated carbocycles. The van der Waals surface area contributed by atoms with Crippen molar-refractivity contribution >= 4 is 5.95 Å². The average Bonchev–Trinajstić information content (AvgIpc) is 2.82. The van der Waals surface area contributed by atoms with E-state index in [1.54, 1.807) is 7.11 Å². The summed E-state index contributed by atoms with van der Waals surface area (Å²) in [5.74, 6) is 1.30. The number of nitrogens with zero attached hydrogens (tertiary/aromatic N) is 2. The van der Waals surface area contributed by atoms with Gasteiger partial charge in [-0.25, -0.2) is 4.98 Å². The molecule has 106 valence electrons. The second-order valence-corrected chi connectivity index (χ2v) is 4.80. The third-order valence-electron chi connectivity index (χ3n) is 3.46. The molecule has 0 amide bonds. The van der Waals surface area contributed by atoms with Crippen LogP contribution in [0.25, 0.3) is 16.9 Å². The van der Waals surface area contributed by atoms with Crippen LogP contribution < -0.4 is 10.5 Å². The Hall–Kier alpha value is -2.75. The molecule has 4 heteroatoms. The van der Waals surface area contributed by atoms with Gasteiger partial charge in [0.05, 0.1) is 18.5 Å². The highest BCUT2D eigenvalue weighted by molar-refractivity contribution is 5.68. The molecular weight excluding hydrogens is 262 g/mol. The molecule has 0 atom stereocenters. The summed E-state index contributed by atoms with van der Waals surface area (Å²) >= 11 is 0. The van der Waals surface area contributed by atoms with Crippen LogP contribution in [-0.2, 0) is 0 Å². The van der Waals surface area contributed by atoms with Crippen LogP contribution in [0.1, 0.15) is 5.69 Å². The summed E-state index contributed by atoms with van der Waals surface area (Å²) in [5, 5.41) is 0. The average molecular weight is 279 g/mol. The van der Waals surface area contributed by atoms with E-state index in [1.165, 1.54) is 0 Å². The van der Waals surface area contributed by atoms with E-state index < -0.39 is 0 Å². The molecule has 3 rings (SSSR count). The maximum absolute atomic E-state index is 6.10. The third kappa shape index (κ3) is 2.36. The first kappa shape index (κ1) is 13.2. The fraction of sp³-hybridized carbons (Fsp3) is 0.118. The highest BCUT2D eigenvalue weighted by atomic mass is 16.5. The van der Waals surface area contributed by atoms with Crippen LogP contribution in [0.2, 0.25) is 0 Å². The summed E-state index contributed by atoms with van der Waals surface area (Å²) in [6.45, 7) is 1.97. The van der Waals surface area contributed by atoms with Gasteiger partial charge in [0, 0.05) is 11.3 Å². The highest BCUT2D eigenvalue weighted by Crippen LogP contribution is 2.30. The quantitative estimate of drug-likeness (QED) is 0.799. The number of imidazole rings is 1. The minimum absolute atomic E-state index is 0.483. The van der Waals surface area contributed by atoms with Crippen molar-refractivity contribution in [1.82, 2.24) is 9.55 Å². The van der Waals surface area contributed by atoms with E-state index >= 15 is 0 Å². The SMILES string of the molecule is COc1ccc(-n2c(N)nc(C)c2-c2ccccc2)cc1. The van der Waals surface area contributed by atoms with Crippen molar-refractivity contribution in [1.29, 1.82) is 0 Å². The molecule has 0 spiro atoms. The molecule has 2 N–H and O–H groups in total. The van der Waals surface area contributed by atoms with Crippen LogP contribution in [0.3, 0.4) is 0 Å². The predicted molar refractivity (Wildman–Crippen MR) is 84.7 cm³/mol. The van der Waals surface area contributed by atoms with Gasteiger partial charge in [0.15, 0.2) is 0 Å². The summed E-state index contributed by atoms with van der Waals surface area (Å²) in [5.41, 5.74) is 10.1. The Morgan fingerprint density at radius 1 is 1.00 bits per heavy atom. The predicted octanol–water partition coefficient (Wildman–Crippen LogP) is 3.44. The van der Waals surface area contributed by atoms with Gasteiger partial charge < -0.3 is 10.5 Å². The Bertz CT molecular complexity index is 746. The molecule has 4 nitrogen and oxygen atoms in total. The molecule has 2 aromatic carbocycles. The molecule has 3 aromatic rings. The van der Waals surface area contributed by atoms with E-state index in [9.17, 15) is 0 Å². The van der Waals surface area contributed by atoms with Gasteiger partial charge in [-0.05, 0) is 31.2 Å². The molecule has 0 aliphatic heterocycles. The lowest BCUT2D eigenvalue weighted by Crippen LogP contribution is -2.02. The van der Waals surface area contributed by atoms with Crippen LogP contribution in [0, 0.1) is 6.92 Å². The molecule has 1 aromatic heterocycles. The van der Waals surface area contributed by atoms with Gasteiger partial charge in [-0.3, -0.25) is 4.57 Å². The van der Waals surface area contributed by atoms with Crippen molar-refractivity contribution in [2.45, 2.75) is 6.92 Å². The third-order valence-corrected chi connectivity index (χ3v) is 3.46. The Kier molecular flexibility index (Phi) is 3.36. The number of nitrogen functional groups attached to an aromatic ring is 1. The minimum Gasteiger partial charge on any atom is -0.497 e. The van der Waals surface area contributed by atoms with Crippen LogP contribution in [0.4, 0.5) is 5.95 Å². The first-order valence-electron chi connectivity index (χ1n) is 6.75. The Morgan fingerprint density at radius 2 is 1.67 bits per heavy atom. The summed E-state index contributed by atoms with van der Waals surface area (Å²) in [4.78, 5) is 4.42. The molecular formula is C17H17N3O. The maximum atomic E-state index is 6.10. The normalized spacial score (nSPS) is 10.6. The van der Waals surface area contributed by atoms with Crippen molar-refractivity contribution in [3.63, 3.8) is 0 Å². The number of hydrogen-bond donors (Lipinski definition) is 1. The Labute approximate surface area is 123 Å². The zero-order valence-corrected chi connectivity index (χ0v) is 12.1. The van der Waals surface area contributed by atoms with Gasteiger partial charge >= 0.3 is 0 Å². The van der Waals surface area contributed by atoms with Crippen molar-refractivity contribution in [3.8, 4) is 22.7 Å². The van der Waals surface area contributed by atoms with Gasteiger partial charge in [0.2, 0.25) is 5.95 Å². The second kappa shape index (κ2) is 5.32. The van der Waals surface area contributed by atoms with E-state index in [0.717, 1.165) is 28.4 Å². The minimum atomic E-state index is 0.483. The zero-order chi connectivity index (χ0) is 14.8. The molecule has 21 heavy (non-hydrogen) atoms. The van der Waals surface area contributed by atoms with Crippen LogP contribution >= 0.6 is 0 Å². The standard InChI is InChI=1S/C17H17N3O/c1-12-16(13-6-4-3-5-7-13)20(17(18)19-12)14-8-10-15(21-2)11-9-14/h3-11H,1-2H3,(H2,18,19). The molecule has 0 aliphatic rings. The van der Waals surface area contributed by atoms with Gasteiger partial charge in [0.25, 0.3) is 0 Å². The Morgan fingerprint density at radius 3 is 2.29 bits per heavy atom. The van der Waals surface area contributed by atoms with Crippen LogP contribution in [-0.4, -0.2) is 16.7 Å². The monoisotopic (exact) mass is 279 g/mol. The molecule has 1 heterocycles. The topological polar surface area (TPSA) is 53.1 Å². The number of aryl methyl sites for hydroxylation is 1. The van der Waals surface area contributed by atoms with Crippen LogP contribution in [0.15, 0.2) is 54.6 Å². The van der Waals surface area contributed by atoms with Gasteiger partial charge in [-0.1, -0.05) is 30.3 Å². The van der Waals surface area contributed by atoms with Crippen molar-refractivity contribution < 1.29 is 4.74 Å². The number of nitrogens with two attached hydrogens (primary N) is 1. The summed E-state index contributed by atoms with van der Waals surface area (Å²) in [7, 11) is 1.65. The second-order valence-electron chi connectivity index (χ2n) is 4.80. The smallest absolute Gasteiger partial charge is 0.205 e. The zero-order valence-electron chi connectivity index (χ0n) is 12.1. The number of hydrogen-bond acceptors (Lipinski definition) is 3. The summed E-state index contributed by atoms with van der Waals surface area (Å²) in [6, 6.07) is 17.9. The van der Waals surface area contributed by atoms with Gasteiger partial charge in [0.1, 0.15) is 5.75 Å². The van der Waals surface area contributed by atoms with Gasteiger partial charge in [-0.2, -0.15) is 0 Å². The van der Waals surface area contributed by atoms with E-state index in [-0.39, 0.29) is 0 Å². The number of aromatic nitrogens is 2. The number of methoxy groups -OCH3 is 1. The first-order valence-corrected chi connectivity index (χ1v) is 6.75. The lowest BCUT2D eigenvalue weighted by Gasteiger charge is -2.11. The number of ether oxygens (including phenoxy) is 1. The van der Waals surface area contributed by atoms with E-state index in [0.29, 0.717) is 5.95 Å². The van der Waals surface area contributed by atoms with Crippen LogP contribution in [0.5, 0.6) is 5.75 Å². The lowest BCUT2D eigenvalue weighted by atomic mass is 10.1. The number of anilines is 1. The number of benzene rings is 2. The van der Waals surface area contributed by atoms with E-state index in [2.05, 4.69) is 17.1 Å². The highest BCUT2D eigenvalue weighted by Gasteiger charge is 2.15. The van der Waals surface area contributed by atoms with Crippen molar-refractivity contribution in [3.05, 3.63) is 60.3 Å². The van der Waals surface area contributed by atoms with E-state index in [4.69, 9.17) is 10.5 Å². The van der Waals surface area contributed by atoms with Crippen molar-refractivity contribution in [2.75, 3.05) is 12.8 Å². The lowest BCUT2D eigenvalue weighted by molar-refractivity contribution is 0.415. The molecule has 0 fully saturated rings. The Balaban J connectivity index is 2.18. The fourth-order valence-corrected chi connectivity index (χ4v) is 2.48. The molecule has 0 bridgehead atoms. The summed E-state index contributed by atoms with van der Waals surface area (Å²) < 4.78 is 7.16. The molecule has 0 aliphatic carbocycles. The largest absolute Gasteiger partial charge is 0.497 e. The molecule has 0 saturated heterocycles. The fourth-order valence-electron chi connectivity index (χ4n) is 2.48. The molecule has 0 radical (unpaired) electrons.